The van der Waals surface area contributed by atoms with Crippen molar-refractivity contribution in [2.45, 2.75) is 26.0 Å². The van der Waals surface area contributed by atoms with Gasteiger partial charge >= 0.3 is 10.3 Å². The molecule has 3 rings (SSSR count). The molecule has 1 fully saturated rings. The summed E-state index contributed by atoms with van der Waals surface area (Å²) in [6, 6.07) is 3.27. The van der Waals surface area contributed by atoms with E-state index in [0.29, 0.717) is 13.9 Å². The van der Waals surface area contributed by atoms with Crippen molar-refractivity contribution in [3.63, 3.8) is 0 Å². The maximum Gasteiger partial charge on any atom is 0.362 e. The lowest BCUT2D eigenvalue weighted by molar-refractivity contribution is -0.147. The number of pyridine rings is 1. The number of thiophene rings is 1. The van der Waals surface area contributed by atoms with Crippen LogP contribution in [0.4, 0.5) is 0 Å². The van der Waals surface area contributed by atoms with Crippen LogP contribution in [-0.2, 0) is 31.3 Å². The highest BCUT2D eigenvalue weighted by Crippen LogP contribution is 2.32. The highest BCUT2D eigenvalue weighted by Gasteiger charge is 2.51. The van der Waals surface area contributed by atoms with Crippen LogP contribution in [-0.4, -0.2) is 55.8 Å². The number of oxime groups is 1. The molecule has 0 unspecified atom stereocenters. The van der Waals surface area contributed by atoms with Crippen LogP contribution >= 0.6 is 11.3 Å². The van der Waals surface area contributed by atoms with E-state index in [-0.39, 0.29) is 17.8 Å². The molecule has 3 heterocycles. The van der Waals surface area contributed by atoms with Crippen LogP contribution in [0.15, 0.2) is 39.7 Å². The maximum absolute atomic E-state index is 12.8. The number of β-lactam (4-membered cyclic amide) rings is 1. The van der Waals surface area contributed by atoms with Crippen molar-refractivity contribution in [2.24, 2.45) is 11.1 Å². The van der Waals surface area contributed by atoms with Crippen LogP contribution in [0, 0.1) is 5.92 Å². The Balaban J connectivity index is 1.76. The Morgan fingerprint density at radius 3 is 2.65 bits per heavy atom. The standard InChI is InChI=1S/C17H17N3O9S2/c1-9-11(17(24)20(9)31(26,27)28)6-13(22)16(15-3-2-4-30-15)18-29-8-10-5-12(21)14(23)7-19(10)25/h2-5,7,9,11,23,25H,6,8H2,1H3,(H,26,27,28)/b18-16-/t9-,11-/m0/s1. The van der Waals surface area contributed by atoms with E-state index in [1.54, 1.807) is 17.5 Å². The lowest BCUT2D eigenvalue weighted by Gasteiger charge is -2.41. The first-order valence-corrected chi connectivity index (χ1v) is 11.0. The van der Waals surface area contributed by atoms with Crippen LogP contribution in [0.1, 0.15) is 23.9 Å². The first-order valence-electron chi connectivity index (χ1n) is 8.72. The van der Waals surface area contributed by atoms with E-state index in [0.717, 1.165) is 12.3 Å². The molecule has 0 aromatic carbocycles. The van der Waals surface area contributed by atoms with Gasteiger partial charge in [0, 0.05) is 12.5 Å². The van der Waals surface area contributed by atoms with E-state index in [1.165, 1.54) is 18.3 Å². The number of nitrogens with zero attached hydrogens (tertiary/aromatic N) is 3. The number of carbonyl (C=O) groups is 2. The van der Waals surface area contributed by atoms with Crippen molar-refractivity contribution in [3.8, 4) is 5.75 Å². The molecule has 14 heteroatoms. The summed E-state index contributed by atoms with van der Waals surface area (Å²) in [6.07, 6.45) is 0.413. The molecule has 12 nitrogen and oxygen atoms in total. The summed E-state index contributed by atoms with van der Waals surface area (Å²) in [5.74, 6) is -3.13. The number of hydrogen-bond acceptors (Lipinski definition) is 10. The smallest absolute Gasteiger partial charge is 0.362 e. The van der Waals surface area contributed by atoms with Gasteiger partial charge in [-0.2, -0.15) is 13.1 Å². The fraction of sp³-hybridized carbons (Fsp3) is 0.294. The molecule has 0 saturated carbocycles. The van der Waals surface area contributed by atoms with Crippen LogP contribution in [0.3, 0.4) is 0 Å². The van der Waals surface area contributed by atoms with Crippen molar-refractivity contribution >= 4 is 39.0 Å². The van der Waals surface area contributed by atoms with E-state index in [2.05, 4.69) is 5.16 Å². The zero-order valence-electron chi connectivity index (χ0n) is 15.9. The quantitative estimate of drug-likeness (QED) is 0.161. The number of aromatic hydroxyl groups is 1. The van der Waals surface area contributed by atoms with Crippen LogP contribution in [0.2, 0.25) is 0 Å². The minimum Gasteiger partial charge on any atom is -0.503 e. The van der Waals surface area contributed by atoms with Crippen molar-refractivity contribution < 1.29 is 37.7 Å². The van der Waals surface area contributed by atoms with Gasteiger partial charge in [-0.1, -0.05) is 11.2 Å². The van der Waals surface area contributed by atoms with Gasteiger partial charge in [0.25, 0.3) is 0 Å². The molecule has 0 bridgehead atoms. The fourth-order valence-electron chi connectivity index (χ4n) is 3.00. The molecule has 1 aliphatic heterocycles. The van der Waals surface area contributed by atoms with Crippen molar-refractivity contribution in [3.05, 3.63) is 50.6 Å². The number of carbonyl (C=O) groups excluding carboxylic acids is 2. The number of ketones is 1. The van der Waals surface area contributed by atoms with Crippen molar-refractivity contribution in [1.82, 2.24) is 9.04 Å². The number of hydrogen-bond donors (Lipinski definition) is 3. The topological polar surface area (TPSA) is 176 Å². The van der Waals surface area contributed by atoms with Gasteiger partial charge in [0.1, 0.15) is 5.69 Å². The third-order valence-corrected chi connectivity index (χ3v) is 6.50. The van der Waals surface area contributed by atoms with Gasteiger partial charge in [-0.25, -0.2) is 4.31 Å². The van der Waals surface area contributed by atoms with Gasteiger partial charge in [0.05, 0.1) is 23.0 Å². The van der Waals surface area contributed by atoms with Crippen LogP contribution < -0.4 is 5.43 Å². The molecule has 1 aliphatic rings. The Morgan fingerprint density at radius 1 is 1.35 bits per heavy atom. The normalized spacial score (nSPS) is 19.2. The zero-order chi connectivity index (χ0) is 22.9. The molecule has 2 aromatic heterocycles. The number of amides is 1. The SMILES string of the molecule is C[C@H]1[C@H](CC(=O)/C(=N/OCc2cc(=O)c(O)cn2O)c2cccs2)C(=O)N1S(=O)(=O)O. The van der Waals surface area contributed by atoms with Crippen molar-refractivity contribution in [2.75, 3.05) is 0 Å². The third kappa shape index (κ3) is 4.60. The van der Waals surface area contributed by atoms with E-state index >= 15 is 0 Å². The van der Waals surface area contributed by atoms with E-state index in [4.69, 9.17) is 9.39 Å². The molecular formula is C17H17N3O9S2. The lowest BCUT2D eigenvalue weighted by atomic mass is 9.86. The van der Waals surface area contributed by atoms with Gasteiger partial charge in [0.2, 0.25) is 11.3 Å². The van der Waals surface area contributed by atoms with Crippen molar-refractivity contribution in [1.29, 1.82) is 0 Å². The Hall–Kier alpha value is -3.23. The largest absolute Gasteiger partial charge is 0.503 e. The molecular weight excluding hydrogens is 454 g/mol. The molecule has 0 radical (unpaired) electrons. The minimum atomic E-state index is -4.70. The van der Waals surface area contributed by atoms with Gasteiger partial charge in [-0.05, 0) is 18.4 Å². The number of Topliss-reactive ketones (excluding diaryl/α,β-unsaturated/α-hetero) is 1. The van der Waals surface area contributed by atoms with Gasteiger partial charge < -0.3 is 15.2 Å². The monoisotopic (exact) mass is 471 g/mol. The summed E-state index contributed by atoms with van der Waals surface area (Å²) in [7, 11) is -4.70. The Labute approximate surface area is 179 Å². The van der Waals surface area contributed by atoms with Gasteiger partial charge in [-0.15, -0.1) is 11.3 Å². The summed E-state index contributed by atoms with van der Waals surface area (Å²) < 4.78 is 32.2. The van der Waals surface area contributed by atoms with E-state index in [1.807, 2.05) is 0 Å². The summed E-state index contributed by atoms with van der Waals surface area (Å²) >= 11 is 1.17. The molecule has 3 N–H and O–H groups in total. The predicted octanol–water partition coefficient (Wildman–Crippen LogP) is 0.382. The summed E-state index contributed by atoms with van der Waals surface area (Å²) in [4.78, 5) is 41.8. The molecule has 0 aliphatic carbocycles. The number of rotatable bonds is 8. The predicted molar refractivity (Wildman–Crippen MR) is 106 cm³/mol. The second-order valence-electron chi connectivity index (χ2n) is 6.64. The van der Waals surface area contributed by atoms with Gasteiger partial charge in [-0.3, -0.25) is 18.9 Å². The average Bonchev–Trinajstić information content (AvgIpc) is 3.20. The zero-order valence-corrected chi connectivity index (χ0v) is 17.5. The summed E-state index contributed by atoms with van der Waals surface area (Å²) in [5, 5.41) is 24.4. The van der Waals surface area contributed by atoms with E-state index in [9.17, 15) is 33.1 Å². The van der Waals surface area contributed by atoms with E-state index < -0.39 is 51.7 Å². The molecule has 2 atom stereocenters. The third-order valence-electron chi connectivity index (χ3n) is 4.62. The highest BCUT2D eigenvalue weighted by atomic mass is 32.2. The highest BCUT2D eigenvalue weighted by molar-refractivity contribution is 7.84. The molecule has 2 aromatic rings. The molecule has 0 spiro atoms. The second kappa shape index (κ2) is 8.49. The maximum atomic E-state index is 12.8. The fourth-order valence-corrected chi connectivity index (χ4v) is 4.65. The summed E-state index contributed by atoms with van der Waals surface area (Å²) in [5.41, 5.74) is -0.926. The minimum absolute atomic E-state index is 0.0453. The van der Waals surface area contributed by atoms with Gasteiger partial charge in [0.15, 0.2) is 23.9 Å². The first kappa shape index (κ1) is 22.5. The lowest BCUT2D eigenvalue weighted by Crippen LogP contribution is -2.62. The molecule has 166 valence electrons. The van der Waals surface area contributed by atoms with Crippen LogP contribution in [0.25, 0.3) is 0 Å². The average molecular weight is 471 g/mol. The molecule has 1 saturated heterocycles. The second-order valence-corrected chi connectivity index (χ2v) is 8.87. The number of aromatic nitrogens is 1. The molecule has 31 heavy (non-hydrogen) atoms. The van der Waals surface area contributed by atoms with Crippen LogP contribution in [0.5, 0.6) is 5.75 Å². The Bertz CT molecular complexity index is 1200. The Morgan fingerprint density at radius 2 is 2.06 bits per heavy atom. The molecule has 1 amide bonds. The first-order chi connectivity index (χ1) is 14.5. The summed E-state index contributed by atoms with van der Waals surface area (Å²) in [6.45, 7) is 0.973. The Kier molecular flexibility index (Phi) is 6.15.